The molecule has 0 atom stereocenters. The number of hydrogen-bond donors (Lipinski definition) is 1. The second-order valence-corrected chi connectivity index (χ2v) is 21.0. The minimum atomic E-state index is -3.83. The summed E-state index contributed by atoms with van der Waals surface area (Å²) in [6, 6.07) is 28.7. The van der Waals surface area contributed by atoms with Crippen molar-refractivity contribution in [3.05, 3.63) is 167 Å². The van der Waals surface area contributed by atoms with Crippen molar-refractivity contribution in [1.29, 1.82) is 0 Å². The molecule has 0 amide bonds. The zero-order valence-electron chi connectivity index (χ0n) is 54.9. The van der Waals surface area contributed by atoms with Crippen LogP contribution in [0.1, 0.15) is 145 Å². The van der Waals surface area contributed by atoms with Crippen molar-refractivity contribution >= 4 is 11.0 Å². The van der Waals surface area contributed by atoms with E-state index in [9.17, 15) is 7.85 Å². The van der Waals surface area contributed by atoms with Gasteiger partial charge in [-0.05, 0) is 127 Å². The monoisotopic (exact) mass is 887 g/mol. The molecule has 0 spiro atoms. The van der Waals surface area contributed by atoms with Gasteiger partial charge < -0.3 is 5.11 Å². The summed E-state index contributed by atoms with van der Waals surface area (Å²) in [5, 5.41) is 12.6. The van der Waals surface area contributed by atoms with Crippen molar-refractivity contribution < 1.29 is 25.7 Å². The number of rotatable bonds is 8. The number of hydrogen-bond acceptors (Lipinski definition) is 3. The molecule has 8 rings (SSSR count). The van der Waals surface area contributed by atoms with Gasteiger partial charge in [-0.25, -0.2) is 4.98 Å². The van der Waals surface area contributed by atoms with Crippen molar-refractivity contribution in [3.63, 3.8) is 0 Å². The molecule has 0 bridgehead atoms. The number of aromatic hydroxyl groups is 1. The van der Waals surface area contributed by atoms with Crippen LogP contribution in [0.5, 0.6) is 5.75 Å². The fourth-order valence-electron chi connectivity index (χ4n) is 8.42. The van der Waals surface area contributed by atoms with Gasteiger partial charge in [0.05, 0.1) is 36.2 Å². The van der Waals surface area contributed by atoms with Crippen LogP contribution in [-0.4, -0.2) is 19.6 Å². The molecule has 0 aliphatic carbocycles. The van der Waals surface area contributed by atoms with Crippen molar-refractivity contribution in [2.45, 2.75) is 125 Å². The lowest BCUT2D eigenvalue weighted by Crippen LogP contribution is -2.17. The second-order valence-electron chi connectivity index (χ2n) is 21.0. The zero-order chi connectivity index (χ0) is 60.2. The molecule has 0 unspecified atom stereocenters. The lowest BCUT2D eigenvalue weighted by Gasteiger charge is -2.27. The Bertz CT molecular complexity index is 3720. The first kappa shape index (κ1) is 30.9. The largest absolute Gasteiger partial charge is 0.507 e. The van der Waals surface area contributed by atoms with Crippen LogP contribution in [0, 0.1) is 5.92 Å². The number of nitrogens with zero attached hydrogens (tertiary/aromatic N) is 3. The fourth-order valence-corrected chi connectivity index (χ4v) is 8.42. The van der Waals surface area contributed by atoms with Crippen molar-refractivity contribution in [2.75, 3.05) is 0 Å². The van der Waals surface area contributed by atoms with E-state index in [0.29, 0.717) is 45.0 Å². The van der Waals surface area contributed by atoms with E-state index < -0.39 is 89.9 Å². The zero-order valence-corrected chi connectivity index (χ0v) is 39.9. The second kappa shape index (κ2) is 17.2. The molecule has 4 nitrogen and oxygen atoms in total. The first-order valence-electron chi connectivity index (χ1n) is 30.1. The average molecular weight is 887 g/mol. The van der Waals surface area contributed by atoms with Crippen LogP contribution in [0.4, 0.5) is 0 Å². The van der Waals surface area contributed by atoms with Gasteiger partial charge in [0.15, 0.2) is 0 Å². The Morgan fingerprint density at radius 1 is 0.591 bits per heavy atom. The Kier molecular flexibility index (Phi) is 8.03. The maximum atomic E-state index is 12.6. The minimum absolute atomic E-state index is 0.101. The van der Waals surface area contributed by atoms with Gasteiger partial charge in [0.2, 0.25) is 0 Å². The Balaban J connectivity index is 1.45. The standard InChI is InChI=1S/C62H69N3O/c1-39(2)31-40-23-28-54(50(32-40)42-19-16-15-17-20-42)65-55-22-18-21-49(56(55)64-58(65)51-37-48(61(9,10)11)38-52(57(51)66)62(12,13)14)44-33-45(35-47(34-44)60(6,7)8)53-36-43(29-30-63-53)41-24-26-46(27-25-41)59(3,4)5/h15-30,32-39,66H,31H2,1-14H3/i3D3,4D3,5D3,24D,26D,27D,29D,30D,36D. The van der Waals surface area contributed by atoms with Gasteiger partial charge in [0.1, 0.15) is 11.6 Å². The van der Waals surface area contributed by atoms with Crippen LogP contribution in [0.15, 0.2) is 140 Å². The van der Waals surface area contributed by atoms with Gasteiger partial charge in [-0.15, -0.1) is 0 Å². The Morgan fingerprint density at radius 2 is 1.30 bits per heavy atom. The maximum absolute atomic E-state index is 12.6. The number of phenols is 1. The van der Waals surface area contributed by atoms with Gasteiger partial charge in [0.25, 0.3) is 0 Å². The third kappa shape index (κ3) is 9.38. The highest BCUT2D eigenvalue weighted by atomic mass is 16.3. The summed E-state index contributed by atoms with van der Waals surface area (Å²) in [6.45, 7) is 11.5. The number of imidazole rings is 1. The SMILES string of the molecule is [2H]c1cc(-c2c([2H])c([2H])nc(-c3cc(-c4cccc5c4nc(-c4cc(C(C)(C)C)cc(C(C)(C)C)c4O)n5-c4ccc(CC(C)C)cc4-c4ccccc4)cc(C(C)(C)C)c3)c2[2H])c([2H])c([2H])c1C(C([2H])([2H])[2H])(C([2H])([2H])[2H])C([2H])([2H])[2H]. The molecule has 338 valence electrons. The molecule has 0 saturated heterocycles. The summed E-state index contributed by atoms with van der Waals surface area (Å²) in [5.74, 6) is 0.980. The van der Waals surface area contributed by atoms with Gasteiger partial charge in [0, 0.05) is 40.8 Å². The molecule has 0 radical (unpaired) electrons. The van der Waals surface area contributed by atoms with Crippen molar-refractivity contribution in [2.24, 2.45) is 5.92 Å². The lowest BCUT2D eigenvalue weighted by atomic mass is 9.79. The normalized spacial score (nSPS) is 16.5. The van der Waals surface area contributed by atoms with E-state index in [0.717, 1.165) is 51.6 Å². The minimum Gasteiger partial charge on any atom is -0.507 e. The number of fused-ring (bicyclic) bond motifs is 1. The average Bonchev–Trinajstić information content (AvgIpc) is 3.27. The number of para-hydroxylation sites is 1. The number of pyridine rings is 1. The summed E-state index contributed by atoms with van der Waals surface area (Å²) in [5.41, 5.74) is 2.55. The van der Waals surface area contributed by atoms with Crippen LogP contribution in [-0.2, 0) is 28.1 Å². The molecular formula is C62H69N3O. The Labute approximate surface area is 415 Å². The third-order valence-corrected chi connectivity index (χ3v) is 12.0. The van der Waals surface area contributed by atoms with Gasteiger partial charge in [-0.1, -0.05) is 182 Å². The highest BCUT2D eigenvalue weighted by Gasteiger charge is 2.30. The third-order valence-electron chi connectivity index (χ3n) is 12.0. The highest BCUT2D eigenvalue weighted by molar-refractivity contribution is 5.98. The Hall–Kier alpha value is -6.26. The summed E-state index contributed by atoms with van der Waals surface area (Å²) < 4.78 is 132. The first-order valence-corrected chi connectivity index (χ1v) is 22.6. The topological polar surface area (TPSA) is 50.9 Å². The van der Waals surface area contributed by atoms with Gasteiger partial charge in [-0.3, -0.25) is 9.55 Å². The summed E-state index contributed by atoms with van der Waals surface area (Å²) >= 11 is 0. The molecule has 0 saturated carbocycles. The van der Waals surface area contributed by atoms with E-state index in [4.69, 9.17) is 22.8 Å². The van der Waals surface area contributed by atoms with Gasteiger partial charge >= 0.3 is 0 Å². The lowest BCUT2D eigenvalue weighted by molar-refractivity contribution is 0.446. The number of aromatic nitrogens is 3. The maximum Gasteiger partial charge on any atom is 0.149 e. The van der Waals surface area contributed by atoms with Crippen LogP contribution in [0.2, 0.25) is 0 Å². The van der Waals surface area contributed by atoms with E-state index in [2.05, 4.69) is 101 Å². The predicted octanol–water partition coefficient (Wildman–Crippen LogP) is 16.8. The highest BCUT2D eigenvalue weighted by Crippen LogP contribution is 2.46. The van der Waals surface area contributed by atoms with E-state index in [1.165, 1.54) is 0 Å². The molecule has 1 N–H and O–H groups in total. The molecule has 2 aromatic heterocycles. The van der Waals surface area contributed by atoms with Crippen LogP contribution >= 0.6 is 0 Å². The van der Waals surface area contributed by atoms with E-state index >= 15 is 0 Å². The smallest absolute Gasteiger partial charge is 0.149 e. The number of benzene rings is 6. The molecule has 4 heteroatoms. The van der Waals surface area contributed by atoms with Crippen LogP contribution < -0.4 is 0 Å². The van der Waals surface area contributed by atoms with Crippen LogP contribution in [0.25, 0.3) is 72.7 Å². The first-order chi connectivity index (χ1) is 37.2. The van der Waals surface area contributed by atoms with E-state index in [1.807, 2.05) is 75.4 Å². The molecule has 2 heterocycles. The number of phenolic OH excluding ortho intramolecular Hbond substituents is 1. The summed E-state index contributed by atoms with van der Waals surface area (Å²) in [6.07, 6.45) is 0.202. The van der Waals surface area contributed by atoms with E-state index in [-0.39, 0.29) is 16.9 Å². The van der Waals surface area contributed by atoms with E-state index in [1.54, 1.807) is 6.07 Å². The Morgan fingerprint density at radius 3 is 1.98 bits per heavy atom. The van der Waals surface area contributed by atoms with Crippen molar-refractivity contribution in [1.82, 2.24) is 14.5 Å². The predicted molar refractivity (Wildman–Crippen MR) is 281 cm³/mol. The van der Waals surface area contributed by atoms with Crippen molar-refractivity contribution in [3.8, 4) is 67.5 Å². The molecule has 6 aromatic carbocycles. The van der Waals surface area contributed by atoms with Gasteiger partial charge in [-0.2, -0.15) is 0 Å². The summed E-state index contributed by atoms with van der Waals surface area (Å²) in [4.78, 5) is 10.0. The molecule has 0 fully saturated rings. The molecular weight excluding hydrogens is 803 g/mol. The quantitative estimate of drug-likeness (QED) is 0.165. The molecule has 66 heavy (non-hydrogen) atoms. The van der Waals surface area contributed by atoms with Crippen LogP contribution in [0.3, 0.4) is 0 Å². The summed E-state index contributed by atoms with van der Waals surface area (Å²) in [7, 11) is 0. The fraction of sp³-hybridized carbons (Fsp3) is 0.323. The molecule has 0 aliphatic rings. The molecule has 8 aromatic rings. The molecule has 0 aliphatic heterocycles.